The highest BCUT2D eigenvalue weighted by molar-refractivity contribution is 6.00. The highest BCUT2D eigenvalue weighted by atomic mass is 16.5. The second kappa shape index (κ2) is 11.2. The van der Waals surface area contributed by atoms with Crippen molar-refractivity contribution in [2.24, 2.45) is 5.92 Å². The summed E-state index contributed by atoms with van der Waals surface area (Å²) in [6.07, 6.45) is 0.805. The third-order valence-corrected chi connectivity index (χ3v) is 6.60. The summed E-state index contributed by atoms with van der Waals surface area (Å²) in [6, 6.07) is 28.6. The van der Waals surface area contributed by atoms with Crippen LogP contribution in [0.5, 0.6) is 11.5 Å². The molecule has 1 N–H and O–H groups in total. The lowest BCUT2D eigenvalue weighted by molar-refractivity contribution is -0.151. The molecule has 0 aromatic heterocycles. The molecule has 1 saturated heterocycles. The number of carbonyl (C=O) groups is 3. The minimum atomic E-state index is -0.634. The van der Waals surface area contributed by atoms with Gasteiger partial charge < -0.3 is 19.7 Å². The van der Waals surface area contributed by atoms with E-state index in [0.717, 1.165) is 28.5 Å². The largest absolute Gasteiger partial charge is 0.457 e. The molecule has 7 nitrogen and oxygen atoms in total. The summed E-state index contributed by atoms with van der Waals surface area (Å²) < 4.78 is 11.3. The Labute approximate surface area is 221 Å². The lowest BCUT2D eigenvalue weighted by Gasteiger charge is -2.17. The van der Waals surface area contributed by atoms with E-state index in [1.165, 1.54) is 0 Å². The summed E-state index contributed by atoms with van der Waals surface area (Å²) >= 11 is 0. The van der Waals surface area contributed by atoms with Crippen LogP contribution in [-0.4, -0.2) is 30.9 Å². The maximum absolute atomic E-state index is 12.7. The van der Waals surface area contributed by atoms with Crippen LogP contribution in [0.1, 0.15) is 18.9 Å². The van der Waals surface area contributed by atoms with Crippen molar-refractivity contribution in [3.63, 3.8) is 0 Å². The topological polar surface area (TPSA) is 84.9 Å². The zero-order valence-corrected chi connectivity index (χ0v) is 21.1. The Morgan fingerprint density at radius 2 is 1.66 bits per heavy atom. The van der Waals surface area contributed by atoms with Crippen molar-refractivity contribution >= 4 is 39.9 Å². The van der Waals surface area contributed by atoms with E-state index >= 15 is 0 Å². The van der Waals surface area contributed by atoms with Gasteiger partial charge in [-0.25, -0.2) is 0 Å². The molecule has 4 aromatic rings. The van der Waals surface area contributed by atoms with E-state index in [2.05, 4.69) is 5.32 Å². The van der Waals surface area contributed by atoms with Crippen LogP contribution < -0.4 is 15.0 Å². The number of hydrogen-bond acceptors (Lipinski definition) is 5. The van der Waals surface area contributed by atoms with E-state index in [0.29, 0.717) is 17.1 Å². The minimum absolute atomic E-state index is 0.0351. The second-order valence-electron chi connectivity index (χ2n) is 9.15. The monoisotopic (exact) mass is 508 g/mol. The van der Waals surface area contributed by atoms with Crippen LogP contribution in [0.25, 0.3) is 10.8 Å². The molecule has 1 atom stereocenters. The van der Waals surface area contributed by atoms with Gasteiger partial charge in [0.2, 0.25) is 5.91 Å². The molecule has 0 saturated carbocycles. The first-order chi connectivity index (χ1) is 18.5. The molecule has 0 radical (unpaired) electrons. The molecule has 1 heterocycles. The Bertz CT molecular complexity index is 1480. The van der Waals surface area contributed by atoms with Crippen LogP contribution in [0.4, 0.5) is 11.4 Å². The minimum Gasteiger partial charge on any atom is -0.457 e. The van der Waals surface area contributed by atoms with Gasteiger partial charge >= 0.3 is 5.97 Å². The summed E-state index contributed by atoms with van der Waals surface area (Å²) in [5.41, 5.74) is 2.37. The number of amides is 2. The van der Waals surface area contributed by atoms with E-state index < -0.39 is 24.4 Å². The molecule has 0 unspecified atom stereocenters. The summed E-state index contributed by atoms with van der Waals surface area (Å²) in [6.45, 7) is 1.79. The van der Waals surface area contributed by atoms with Gasteiger partial charge in [0.25, 0.3) is 5.91 Å². The van der Waals surface area contributed by atoms with Crippen LogP contribution in [0.15, 0.2) is 91.0 Å². The molecule has 1 fully saturated rings. The van der Waals surface area contributed by atoms with Gasteiger partial charge in [0.05, 0.1) is 5.92 Å². The van der Waals surface area contributed by atoms with Crippen LogP contribution >= 0.6 is 0 Å². The average molecular weight is 509 g/mol. The Morgan fingerprint density at radius 3 is 2.47 bits per heavy atom. The van der Waals surface area contributed by atoms with Gasteiger partial charge in [-0.3, -0.25) is 14.4 Å². The molecule has 1 aliphatic heterocycles. The van der Waals surface area contributed by atoms with Crippen LogP contribution in [0, 0.1) is 5.92 Å². The van der Waals surface area contributed by atoms with E-state index in [1.54, 1.807) is 29.2 Å². The number of hydrogen-bond donors (Lipinski definition) is 1. The van der Waals surface area contributed by atoms with Gasteiger partial charge in [-0.05, 0) is 53.8 Å². The number of fused-ring (bicyclic) bond motifs is 1. The molecule has 0 aliphatic carbocycles. The predicted molar refractivity (Wildman–Crippen MR) is 146 cm³/mol. The number of aryl methyl sites for hydroxylation is 1. The molecule has 7 heteroatoms. The van der Waals surface area contributed by atoms with Crippen molar-refractivity contribution in [1.82, 2.24) is 0 Å². The third-order valence-electron chi connectivity index (χ3n) is 6.60. The zero-order valence-electron chi connectivity index (χ0n) is 21.1. The van der Waals surface area contributed by atoms with Gasteiger partial charge in [-0.1, -0.05) is 61.5 Å². The Morgan fingerprint density at radius 1 is 0.921 bits per heavy atom. The van der Waals surface area contributed by atoms with Crippen LogP contribution in [-0.2, 0) is 25.5 Å². The van der Waals surface area contributed by atoms with Crippen molar-refractivity contribution in [2.45, 2.75) is 19.8 Å². The number of para-hydroxylation sites is 1. The number of nitrogens with zero attached hydrogens (tertiary/aromatic N) is 1. The number of anilines is 2. The molecular weight excluding hydrogens is 480 g/mol. The Balaban J connectivity index is 1.17. The fourth-order valence-electron chi connectivity index (χ4n) is 4.61. The lowest BCUT2D eigenvalue weighted by Crippen LogP contribution is -2.28. The smallest absolute Gasteiger partial charge is 0.311 e. The number of carbonyl (C=O) groups excluding carboxylic acids is 3. The second-order valence-corrected chi connectivity index (χ2v) is 9.15. The molecule has 2 amide bonds. The summed E-state index contributed by atoms with van der Waals surface area (Å²) in [4.78, 5) is 39.1. The van der Waals surface area contributed by atoms with Crippen LogP contribution in [0.3, 0.4) is 0 Å². The number of rotatable bonds is 8. The average Bonchev–Trinajstić information content (AvgIpc) is 3.34. The Hall–Kier alpha value is -4.65. The Kier molecular flexibility index (Phi) is 7.35. The summed E-state index contributed by atoms with van der Waals surface area (Å²) in [5.74, 6) is -0.389. The van der Waals surface area contributed by atoms with Gasteiger partial charge in [0.15, 0.2) is 6.61 Å². The highest BCUT2D eigenvalue weighted by Gasteiger charge is 2.36. The summed E-state index contributed by atoms with van der Waals surface area (Å²) in [7, 11) is 0. The highest BCUT2D eigenvalue weighted by Crippen LogP contribution is 2.32. The molecule has 192 valence electrons. The zero-order chi connectivity index (χ0) is 26.5. The van der Waals surface area contributed by atoms with Gasteiger partial charge in [0, 0.05) is 29.7 Å². The van der Waals surface area contributed by atoms with Crippen molar-refractivity contribution in [2.75, 3.05) is 23.4 Å². The maximum Gasteiger partial charge on any atom is 0.311 e. The first-order valence-corrected chi connectivity index (χ1v) is 12.6. The number of ether oxygens (including phenoxy) is 2. The summed E-state index contributed by atoms with van der Waals surface area (Å²) in [5, 5.41) is 4.88. The first-order valence-electron chi connectivity index (χ1n) is 12.6. The maximum atomic E-state index is 12.7. The first kappa shape index (κ1) is 25.0. The van der Waals surface area contributed by atoms with Crippen molar-refractivity contribution in [3.8, 4) is 11.5 Å². The molecule has 0 bridgehead atoms. The van der Waals surface area contributed by atoms with Gasteiger partial charge in [-0.15, -0.1) is 0 Å². The van der Waals surface area contributed by atoms with E-state index in [4.69, 9.17) is 9.47 Å². The van der Waals surface area contributed by atoms with Gasteiger partial charge in [-0.2, -0.15) is 0 Å². The van der Waals surface area contributed by atoms with E-state index in [-0.39, 0.29) is 18.9 Å². The normalized spacial score (nSPS) is 14.9. The molecular formula is C31H28N2O5. The fraction of sp³-hybridized carbons (Fsp3) is 0.194. The van der Waals surface area contributed by atoms with E-state index in [9.17, 15) is 14.4 Å². The quantitative estimate of drug-likeness (QED) is 0.307. The number of benzene rings is 4. The number of nitrogens with one attached hydrogen (secondary N) is 1. The molecule has 38 heavy (non-hydrogen) atoms. The third kappa shape index (κ3) is 5.52. The van der Waals surface area contributed by atoms with Crippen molar-refractivity contribution in [3.05, 3.63) is 96.6 Å². The molecule has 0 spiro atoms. The standard InChI is InChI=1S/C31H28N2O5/c1-2-21-8-4-6-12-27(21)32-29(34)20-37-31(36)23-18-30(35)33(19-23)24-14-16-25(17-15-24)38-28-13-7-10-22-9-3-5-11-26(22)28/h3-17,23H,2,18-20H2,1H3,(H,32,34)/t23-/m1/s1. The SMILES string of the molecule is CCc1ccccc1NC(=O)COC(=O)[C@@H]1CC(=O)N(c2ccc(Oc3cccc4ccccc34)cc2)C1. The molecule has 1 aliphatic rings. The van der Waals surface area contributed by atoms with Crippen molar-refractivity contribution in [1.29, 1.82) is 0 Å². The lowest BCUT2D eigenvalue weighted by atomic mass is 10.1. The van der Waals surface area contributed by atoms with E-state index in [1.807, 2.05) is 73.7 Å². The van der Waals surface area contributed by atoms with Crippen molar-refractivity contribution < 1.29 is 23.9 Å². The molecule has 5 rings (SSSR count). The van der Waals surface area contributed by atoms with Crippen LogP contribution in [0.2, 0.25) is 0 Å². The van der Waals surface area contributed by atoms with Gasteiger partial charge in [0.1, 0.15) is 11.5 Å². The number of esters is 1. The fourth-order valence-corrected chi connectivity index (χ4v) is 4.61. The molecule has 4 aromatic carbocycles. The predicted octanol–water partition coefficient (Wildman–Crippen LogP) is 5.73.